The Morgan fingerprint density at radius 2 is 1.44 bits per heavy atom. The molecule has 0 aliphatic carbocycles. The molecule has 4 N–H and O–H groups in total. The summed E-state index contributed by atoms with van der Waals surface area (Å²) in [7, 11) is 8.59. The summed E-state index contributed by atoms with van der Waals surface area (Å²) in [5.74, 6) is -1.88. The summed E-state index contributed by atoms with van der Waals surface area (Å²) in [4.78, 5) is 75.3. The Hall–Kier alpha value is -4.53. The largest absolute Gasteiger partial charge is 0.380 e. The van der Waals surface area contributed by atoms with Crippen LogP contribution in [0.4, 0.5) is 5.69 Å². The lowest BCUT2D eigenvalue weighted by Gasteiger charge is -2.41. The minimum absolute atomic E-state index is 0.0115. The normalized spacial score (nSPS) is 17.9. The Kier molecular flexibility index (Phi) is 22.1. The second kappa shape index (κ2) is 26.1. The van der Waals surface area contributed by atoms with E-state index in [1.807, 2.05) is 127 Å². The van der Waals surface area contributed by atoms with Gasteiger partial charge in [0, 0.05) is 58.0 Å². The van der Waals surface area contributed by atoms with Crippen LogP contribution in [0.1, 0.15) is 112 Å². The van der Waals surface area contributed by atoms with Gasteiger partial charge in [-0.1, -0.05) is 97.4 Å². The van der Waals surface area contributed by atoms with Crippen molar-refractivity contribution in [3.05, 3.63) is 65.7 Å². The third-order valence-corrected chi connectivity index (χ3v) is 13.0. The number of likely N-dealkylation sites (N-methyl/N-ethyl adjacent to an activating group) is 2. The lowest BCUT2D eigenvalue weighted by Crippen LogP contribution is -2.59. The molecule has 370 valence electrons. The zero-order valence-corrected chi connectivity index (χ0v) is 42.9. The third kappa shape index (κ3) is 16.4. The summed E-state index contributed by atoms with van der Waals surface area (Å²) >= 11 is 0. The number of hydrogen-bond donors (Lipinski definition) is 4. The van der Waals surface area contributed by atoms with Crippen LogP contribution in [0.3, 0.4) is 0 Å². The molecule has 2 aromatic carbocycles. The zero-order chi connectivity index (χ0) is 49.5. The minimum Gasteiger partial charge on any atom is -0.380 e. The van der Waals surface area contributed by atoms with E-state index in [1.54, 1.807) is 26.2 Å². The van der Waals surface area contributed by atoms with Crippen LogP contribution in [0.5, 0.6) is 0 Å². The summed E-state index contributed by atoms with van der Waals surface area (Å²) in [6.45, 7) is 20.9. The van der Waals surface area contributed by atoms with Crippen molar-refractivity contribution in [2.75, 3.05) is 47.2 Å². The molecular formula is C52H85N7O7. The van der Waals surface area contributed by atoms with Crippen molar-refractivity contribution in [2.24, 2.45) is 23.7 Å². The van der Waals surface area contributed by atoms with Crippen LogP contribution >= 0.6 is 0 Å². The van der Waals surface area contributed by atoms with Crippen molar-refractivity contribution in [3.63, 3.8) is 0 Å². The summed E-state index contributed by atoms with van der Waals surface area (Å²) in [6, 6.07) is 15.2. The van der Waals surface area contributed by atoms with Crippen LogP contribution in [-0.2, 0) is 46.4 Å². The van der Waals surface area contributed by atoms with E-state index in [2.05, 4.69) is 42.0 Å². The van der Waals surface area contributed by atoms with Gasteiger partial charge in [0.25, 0.3) is 0 Å². The molecule has 0 unspecified atom stereocenters. The Morgan fingerprint density at radius 3 is 1.97 bits per heavy atom. The Balaban J connectivity index is 1.76. The van der Waals surface area contributed by atoms with Gasteiger partial charge in [-0.25, -0.2) is 0 Å². The molecule has 1 saturated heterocycles. The van der Waals surface area contributed by atoms with Crippen LogP contribution in [0.2, 0.25) is 0 Å². The van der Waals surface area contributed by atoms with Gasteiger partial charge < -0.3 is 40.5 Å². The van der Waals surface area contributed by atoms with Crippen molar-refractivity contribution < 1.29 is 33.4 Å². The molecule has 5 amide bonds. The number of methoxy groups -OCH3 is 2. The summed E-state index contributed by atoms with van der Waals surface area (Å²) < 4.78 is 12.2. The number of amides is 5. The maximum atomic E-state index is 14.5. The maximum Gasteiger partial charge on any atom is 0.245 e. The van der Waals surface area contributed by atoms with Crippen LogP contribution in [0.15, 0.2) is 54.6 Å². The number of anilines is 1. The van der Waals surface area contributed by atoms with Crippen LogP contribution < -0.4 is 21.3 Å². The predicted molar refractivity (Wildman–Crippen MR) is 264 cm³/mol. The molecule has 0 spiro atoms. The van der Waals surface area contributed by atoms with Crippen molar-refractivity contribution in [1.82, 2.24) is 30.7 Å². The second-order valence-corrected chi connectivity index (χ2v) is 20.4. The quantitative estimate of drug-likeness (QED) is 0.0900. The number of rotatable bonds is 25. The summed E-state index contributed by atoms with van der Waals surface area (Å²) in [5, 5.41) is 12.7. The van der Waals surface area contributed by atoms with Crippen molar-refractivity contribution in [2.45, 2.75) is 162 Å². The average molecular weight is 920 g/mol. The molecule has 1 aliphatic heterocycles. The fourth-order valence-electron chi connectivity index (χ4n) is 9.45. The first kappa shape index (κ1) is 55.8. The average Bonchev–Trinajstić information content (AvgIpc) is 3.74. The van der Waals surface area contributed by atoms with E-state index in [9.17, 15) is 24.0 Å². The smallest absolute Gasteiger partial charge is 0.245 e. The number of nitrogens with zero attached hydrogens (tertiary/aromatic N) is 3. The van der Waals surface area contributed by atoms with Crippen LogP contribution in [0.25, 0.3) is 0 Å². The lowest BCUT2D eigenvalue weighted by atomic mass is 9.89. The molecule has 0 radical (unpaired) electrons. The van der Waals surface area contributed by atoms with Crippen LogP contribution in [-0.4, -0.2) is 134 Å². The number of carbonyl (C=O) groups is 5. The van der Waals surface area contributed by atoms with Gasteiger partial charge in [0.2, 0.25) is 29.5 Å². The Morgan fingerprint density at radius 1 is 0.803 bits per heavy atom. The maximum absolute atomic E-state index is 14.5. The summed E-state index contributed by atoms with van der Waals surface area (Å²) in [5.41, 5.74) is 2.89. The molecule has 14 heteroatoms. The number of benzene rings is 2. The van der Waals surface area contributed by atoms with E-state index < -0.39 is 42.3 Å². The molecule has 9 atom stereocenters. The highest BCUT2D eigenvalue weighted by molar-refractivity contribution is 5.90. The molecule has 0 aromatic heterocycles. The molecule has 2 aromatic rings. The molecule has 1 fully saturated rings. The Bertz CT molecular complexity index is 1830. The highest BCUT2D eigenvalue weighted by atomic mass is 16.5. The summed E-state index contributed by atoms with van der Waals surface area (Å²) in [6.07, 6.45) is 1.39. The molecule has 1 heterocycles. The lowest BCUT2D eigenvalue weighted by molar-refractivity contribution is -0.148. The first-order chi connectivity index (χ1) is 31.0. The molecular weight excluding hydrogens is 835 g/mol. The number of nitrogens with one attached hydrogen (secondary N) is 4. The van der Waals surface area contributed by atoms with Gasteiger partial charge >= 0.3 is 0 Å². The van der Waals surface area contributed by atoms with E-state index >= 15 is 0 Å². The van der Waals surface area contributed by atoms with Gasteiger partial charge in [-0.2, -0.15) is 0 Å². The van der Waals surface area contributed by atoms with E-state index in [0.717, 1.165) is 29.7 Å². The first-order valence-corrected chi connectivity index (χ1v) is 24.1. The van der Waals surface area contributed by atoms with Gasteiger partial charge in [-0.05, 0) is 95.1 Å². The van der Waals surface area contributed by atoms with Gasteiger partial charge in [0.05, 0.1) is 42.7 Å². The van der Waals surface area contributed by atoms with E-state index in [1.165, 1.54) is 0 Å². The number of carbonyl (C=O) groups excluding carboxylic acids is 5. The van der Waals surface area contributed by atoms with Gasteiger partial charge in [0.15, 0.2) is 0 Å². The minimum atomic E-state index is -0.775. The van der Waals surface area contributed by atoms with Gasteiger partial charge in [-0.15, -0.1) is 0 Å². The monoisotopic (exact) mass is 920 g/mol. The highest BCUT2D eigenvalue weighted by Gasteiger charge is 2.43. The standard InChI is InChI=1S/C52H85N7O7/c1-16-35(6)47(58(13)51(64)45(33(2)3)55-50(63)46(34(4)5)57(11)12)42(65-14)31-44(61)59-28-20-23-41(59)48(66-15)36(7)49(62)54-40(29-37-21-18-17-19-22-37)30-43(60)53-32-38-24-26-39(27-25-38)56-52(8,9)10/h17-19,21-22,24-27,33-36,40-42,45-48,56H,16,20,23,28-32H2,1-15H3,(H,53,60)(H,54,62)(H,55,63)/t35-,36+,40-,41-,42+,45-,46-,47-,48+/m0/s1. The van der Waals surface area contributed by atoms with Crippen molar-refractivity contribution >= 4 is 35.2 Å². The van der Waals surface area contributed by atoms with E-state index in [4.69, 9.17) is 9.47 Å². The van der Waals surface area contributed by atoms with Crippen LogP contribution in [0, 0.1) is 23.7 Å². The van der Waals surface area contributed by atoms with Gasteiger partial charge in [-0.3, -0.25) is 28.9 Å². The van der Waals surface area contributed by atoms with Crippen molar-refractivity contribution in [3.8, 4) is 0 Å². The molecule has 0 saturated carbocycles. The number of hydrogen-bond acceptors (Lipinski definition) is 9. The SMILES string of the molecule is CC[C@H](C)[C@@H]([C@@H](CC(=O)N1CCC[C@H]1[C@H](OC)[C@@H](C)C(=O)N[C@H](CC(=O)NCc1ccc(NC(C)(C)C)cc1)Cc1ccccc1)OC)N(C)C(=O)[C@@H](NC(=O)[C@H](C(C)C)N(C)C)C(C)C. The first-order valence-electron chi connectivity index (χ1n) is 24.1. The van der Waals surface area contributed by atoms with E-state index in [0.29, 0.717) is 25.9 Å². The van der Waals surface area contributed by atoms with Gasteiger partial charge in [0.1, 0.15) is 6.04 Å². The fraction of sp³-hybridized carbons (Fsp3) is 0.673. The molecule has 14 nitrogen and oxygen atoms in total. The zero-order valence-electron chi connectivity index (χ0n) is 42.9. The highest BCUT2D eigenvalue weighted by Crippen LogP contribution is 2.30. The molecule has 66 heavy (non-hydrogen) atoms. The topological polar surface area (TPSA) is 162 Å². The van der Waals surface area contributed by atoms with Crippen molar-refractivity contribution in [1.29, 1.82) is 0 Å². The number of likely N-dealkylation sites (tertiary alicyclic amines) is 1. The predicted octanol–water partition coefficient (Wildman–Crippen LogP) is 6.28. The Labute approximate surface area is 397 Å². The number of ether oxygens (including phenoxy) is 2. The molecule has 0 bridgehead atoms. The fourth-order valence-corrected chi connectivity index (χ4v) is 9.45. The third-order valence-electron chi connectivity index (χ3n) is 13.0. The van der Waals surface area contributed by atoms with E-state index in [-0.39, 0.29) is 71.7 Å². The molecule has 1 aliphatic rings. The second-order valence-electron chi connectivity index (χ2n) is 20.4. The molecule has 3 rings (SSSR count).